The van der Waals surface area contributed by atoms with Crippen LogP contribution in [0.1, 0.15) is 53.9 Å². The van der Waals surface area contributed by atoms with Crippen molar-refractivity contribution in [2.24, 2.45) is 11.1 Å². The molecule has 18 heavy (non-hydrogen) atoms. The minimum atomic E-state index is -0.448. The lowest BCUT2D eigenvalue weighted by atomic mass is 9.77. The Morgan fingerprint density at radius 2 is 2.11 bits per heavy atom. The van der Waals surface area contributed by atoms with Gasteiger partial charge in [-0.15, -0.1) is 0 Å². The summed E-state index contributed by atoms with van der Waals surface area (Å²) in [6, 6.07) is 0.125. The Kier molecular flexibility index (Phi) is 4.65. The SMILES string of the molecule is CCC1(C)CCC(CN)N(C(=O)OC(C)(C)C)C1. The molecule has 1 heterocycles. The number of hydrogen-bond acceptors (Lipinski definition) is 3. The highest BCUT2D eigenvalue weighted by atomic mass is 16.6. The molecule has 1 amide bonds. The van der Waals surface area contributed by atoms with Crippen molar-refractivity contribution in [1.82, 2.24) is 4.90 Å². The average molecular weight is 256 g/mol. The van der Waals surface area contributed by atoms with E-state index in [1.165, 1.54) is 0 Å². The summed E-state index contributed by atoms with van der Waals surface area (Å²) in [5.74, 6) is 0. The molecule has 0 bridgehead atoms. The van der Waals surface area contributed by atoms with Crippen molar-refractivity contribution in [2.45, 2.75) is 65.5 Å². The third-order valence-electron chi connectivity index (χ3n) is 3.83. The van der Waals surface area contributed by atoms with E-state index in [0.29, 0.717) is 6.54 Å². The Morgan fingerprint density at radius 3 is 2.56 bits per heavy atom. The van der Waals surface area contributed by atoms with Gasteiger partial charge >= 0.3 is 6.09 Å². The van der Waals surface area contributed by atoms with E-state index in [0.717, 1.165) is 25.8 Å². The van der Waals surface area contributed by atoms with Gasteiger partial charge in [0, 0.05) is 19.1 Å². The van der Waals surface area contributed by atoms with Gasteiger partial charge in [0.25, 0.3) is 0 Å². The van der Waals surface area contributed by atoms with E-state index in [4.69, 9.17) is 10.5 Å². The van der Waals surface area contributed by atoms with Crippen LogP contribution in [-0.4, -0.2) is 35.7 Å². The summed E-state index contributed by atoms with van der Waals surface area (Å²) >= 11 is 0. The molecule has 0 spiro atoms. The predicted molar refractivity (Wildman–Crippen MR) is 73.4 cm³/mol. The third-order valence-corrected chi connectivity index (χ3v) is 3.83. The standard InChI is InChI=1S/C14H28N2O2/c1-6-14(5)8-7-11(9-15)16(10-14)12(17)18-13(2,3)4/h11H,6-10,15H2,1-5H3. The zero-order chi connectivity index (χ0) is 14.0. The predicted octanol–water partition coefficient (Wildman–Crippen LogP) is 2.76. The van der Waals surface area contributed by atoms with Gasteiger partial charge in [-0.05, 0) is 45.4 Å². The molecule has 0 aromatic rings. The van der Waals surface area contributed by atoms with Crippen LogP contribution in [0, 0.1) is 5.41 Å². The van der Waals surface area contributed by atoms with Crippen molar-refractivity contribution in [1.29, 1.82) is 0 Å². The first-order chi connectivity index (χ1) is 8.21. The number of carbonyl (C=O) groups excluding carboxylic acids is 1. The molecule has 1 aliphatic heterocycles. The van der Waals surface area contributed by atoms with Crippen LogP contribution in [0.3, 0.4) is 0 Å². The molecule has 0 aromatic carbocycles. The van der Waals surface area contributed by atoms with Gasteiger partial charge in [0.1, 0.15) is 5.60 Å². The summed E-state index contributed by atoms with van der Waals surface area (Å²) in [5, 5.41) is 0. The molecule has 2 N–H and O–H groups in total. The van der Waals surface area contributed by atoms with E-state index in [2.05, 4.69) is 13.8 Å². The number of ether oxygens (including phenoxy) is 1. The van der Waals surface area contributed by atoms with Gasteiger partial charge in [-0.25, -0.2) is 4.79 Å². The van der Waals surface area contributed by atoms with Gasteiger partial charge in [0.2, 0.25) is 0 Å². The molecule has 1 saturated heterocycles. The molecule has 0 saturated carbocycles. The molecule has 4 nitrogen and oxygen atoms in total. The lowest BCUT2D eigenvalue weighted by Gasteiger charge is -2.44. The summed E-state index contributed by atoms with van der Waals surface area (Å²) in [5.41, 5.74) is 5.52. The maximum atomic E-state index is 12.2. The Labute approximate surface area is 111 Å². The fourth-order valence-corrected chi connectivity index (χ4v) is 2.36. The number of nitrogens with two attached hydrogens (primary N) is 1. The van der Waals surface area contributed by atoms with Crippen LogP contribution in [0.4, 0.5) is 4.79 Å². The van der Waals surface area contributed by atoms with Gasteiger partial charge in [-0.3, -0.25) is 0 Å². The quantitative estimate of drug-likeness (QED) is 0.826. The van der Waals surface area contributed by atoms with Crippen LogP contribution in [0.2, 0.25) is 0 Å². The van der Waals surface area contributed by atoms with Gasteiger partial charge in [0.05, 0.1) is 0 Å². The lowest BCUT2D eigenvalue weighted by Crippen LogP contribution is -2.54. The van der Waals surface area contributed by atoms with Crippen molar-refractivity contribution in [3.8, 4) is 0 Å². The normalized spacial score (nSPS) is 29.2. The van der Waals surface area contributed by atoms with Crippen LogP contribution in [0.15, 0.2) is 0 Å². The van der Waals surface area contributed by atoms with Crippen LogP contribution >= 0.6 is 0 Å². The van der Waals surface area contributed by atoms with Crippen LogP contribution in [-0.2, 0) is 4.74 Å². The van der Waals surface area contributed by atoms with Crippen molar-refractivity contribution >= 4 is 6.09 Å². The maximum absolute atomic E-state index is 12.2. The number of nitrogens with zero attached hydrogens (tertiary/aromatic N) is 1. The van der Waals surface area contributed by atoms with Crippen molar-refractivity contribution in [3.05, 3.63) is 0 Å². The molecule has 0 radical (unpaired) electrons. The second-order valence-corrected chi connectivity index (χ2v) is 6.70. The van der Waals surface area contributed by atoms with E-state index >= 15 is 0 Å². The van der Waals surface area contributed by atoms with Crippen molar-refractivity contribution in [2.75, 3.05) is 13.1 Å². The number of piperidine rings is 1. The Hall–Kier alpha value is -0.770. The maximum Gasteiger partial charge on any atom is 0.410 e. The highest BCUT2D eigenvalue weighted by Gasteiger charge is 2.38. The van der Waals surface area contributed by atoms with Gasteiger partial charge < -0.3 is 15.4 Å². The molecule has 0 aromatic heterocycles. The first kappa shape index (κ1) is 15.3. The zero-order valence-corrected chi connectivity index (χ0v) is 12.5. The summed E-state index contributed by atoms with van der Waals surface area (Å²) in [7, 11) is 0. The molecule has 1 aliphatic rings. The van der Waals surface area contributed by atoms with E-state index < -0.39 is 5.60 Å². The minimum Gasteiger partial charge on any atom is -0.444 e. The number of hydrogen-bond donors (Lipinski definition) is 1. The second kappa shape index (κ2) is 5.47. The monoisotopic (exact) mass is 256 g/mol. The van der Waals surface area contributed by atoms with Crippen LogP contribution < -0.4 is 5.73 Å². The van der Waals surface area contributed by atoms with Gasteiger partial charge in [-0.2, -0.15) is 0 Å². The first-order valence-electron chi connectivity index (χ1n) is 6.90. The molecular weight excluding hydrogens is 228 g/mol. The summed E-state index contributed by atoms with van der Waals surface area (Å²) in [4.78, 5) is 14.1. The van der Waals surface area contributed by atoms with Crippen molar-refractivity contribution < 1.29 is 9.53 Å². The average Bonchev–Trinajstić information content (AvgIpc) is 2.27. The van der Waals surface area contributed by atoms with Crippen LogP contribution in [0.5, 0.6) is 0 Å². The van der Waals surface area contributed by atoms with E-state index in [9.17, 15) is 4.79 Å². The molecule has 2 atom stereocenters. The molecule has 4 heteroatoms. The highest BCUT2D eigenvalue weighted by Crippen LogP contribution is 2.35. The molecule has 2 unspecified atom stereocenters. The Balaban J connectivity index is 2.77. The van der Waals surface area contributed by atoms with Crippen molar-refractivity contribution in [3.63, 3.8) is 0 Å². The fourth-order valence-electron chi connectivity index (χ4n) is 2.36. The molecule has 1 fully saturated rings. The summed E-state index contributed by atoms with van der Waals surface area (Å²) < 4.78 is 5.48. The van der Waals surface area contributed by atoms with E-state index in [1.54, 1.807) is 0 Å². The third kappa shape index (κ3) is 3.87. The number of amides is 1. The molecular formula is C14H28N2O2. The minimum absolute atomic E-state index is 0.125. The fraction of sp³-hybridized carbons (Fsp3) is 0.929. The first-order valence-corrected chi connectivity index (χ1v) is 6.90. The zero-order valence-electron chi connectivity index (χ0n) is 12.5. The number of carbonyl (C=O) groups is 1. The second-order valence-electron chi connectivity index (χ2n) is 6.70. The smallest absolute Gasteiger partial charge is 0.410 e. The number of likely N-dealkylation sites (tertiary alicyclic amines) is 1. The Bertz CT molecular complexity index is 299. The van der Waals surface area contributed by atoms with E-state index in [1.807, 2.05) is 25.7 Å². The Morgan fingerprint density at radius 1 is 1.50 bits per heavy atom. The highest BCUT2D eigenvalue weighted by molar-refractivity contribution is 5.68. The molecule has 106 valence electrons. The van der Waals surface area contributed by atoms with Gasteiger partial charge in [-0.1, -0.05) is 13.8 Å². The van der Waals surface area contributed by atoms with Crippen LogP contribution in [0.25, 0.3) is 0 Å². The molecule has 1 rings (SSSR count). The lowest BCUT2D eigenvalue weighted by molar-refractivity contribution is -0.00952. The van der Waals surface area contributed by atoms with Gasteiger partial charge in [0.15, 0.2) is 0 Å². The molecule has 0 aliphatic carbocycles. The van der Waals surface area contributed by atoms with E-state index in [-0.39, 0.29) is 17.6 Å². The largest absolute Gasteiger partial charge is 0.444 e. The summed E-state index contributed by atoms with van der Waals surface area (Å²) in [6.07, 6.45) is 2.95. The topological polar surface area (TPSA) is 55.6 Å². The number of rotatable bonds is 2. The summed E-state index contributed by atoms with van der Waals surface area (Å²) in [6.45, 7) is 11.4.